The lowest BCUT2D eigenvalue weighted by molar-refractivity contribution is -0.130. The SMILES string of the molecule is Cc1cccc(NS(=O)(=O)c2ccc(Cl)c(C(=O)OC(C(=O)NC3CC3)c3ccccc3)c2)c1. The number of amides is 1. The highest BCUT2D eigenvalue weighted by Crippen LogP contribution is 2.27. The van der Waals surface area contributed by atoms with Gasteiger partial charge in [0.15, 0.2) is 0 Å². The van der Waals surface area contributed by atoms with E-state index in [0.29, 0.717) is 11.3 Å². The third-order valence-electron chi connectivity index (χ3n) is 5.23. The highest BCUT2D eigenvalue weighted by atomic mass is 35.5. The Hall–Kier alpha value is -3.36. The van der Waals surface area contributed by atoms with Crippen LogP contribution >= 0.6 is 11.6 Å². The van der Waals surface area contributed by atoms with Gasteiger partial charge < -0.3 is 10.1 Å². The van der Waals surface area contributed by atoms with Crippen LogP contribution in [0.1, 0.15) is 40.4 Å². The summed E-state index contributed by atoms with van der Waals surface area (Å²) >= 11 is 6.21. The van der Waals surface area contributed by atoms with Crippen LogP contribution in [-0.2, 0) is 19.6 Å². The zero-order chi connectivity index (χ0) is 24.3. The van der Waals surface area contributed by atoms with Gasteiger partial charge in [0, 0.05) is 17.3 Å². The molecular weight excluding hydrogens is 476 g/mol. The Kier molecular flexibility index (Phi) is 6.90. The predicted molar refractivity (Wildman–Crippen MR) is 129 cm³/mol. The summed E-state index contributed by atoms with van der Waals surface area (Å²) in [5, 5.41) is 2.84. The summed E-state index contributed by atoms with van der Waals surface area (Å²) in [7, 11) is -4.00. The first-order chi connectivity index (χ1) is 16.2. The first-order valence-corrected chi connectivity index (χ1v) is 12.5. The van der Waals surface area contributed by atoms with Crippen LogP contribution in [0.3, 0.4) is 0 Å². The fraction of sp³-hybridized carbons (Fsp3) is 0.200. The van der Waals surface area contributed by atoms with Gasteiger partial charge in [-0.1, -0.05) is 54.1 Å². The van der Waals surface area contributed by atoms with Crippen molar-refractivity contribution in [2.45, 2.75) is 36.8 Å². The molecule has 1 fully saturated rings. The van der Waals surface area contributed by atoms with Gasteiger partial charge in [-0.05, 0) is 55.7 Å². The van der Waals surface area contributed by atoms with Gasteiger partial charge in [-0.3, -0.25) is 9.52 Å². The Bertz CT molecular complexity index is 1320. The molecule has 0 saturated heterocycles. The van der Waals surface area contributed by atoms with E-state index >= 15 is 0 Å². The number of carbonyl (C=O) groups excluding carboxylic acids is 2. The van der Waals surface area contributed by atoms with Crippen LogP contribution in [0.2, 0.25) is 5.02 Å². The van der Waals surface area contributed by atoms with Gasteiger partial charge in [-0.15, -0.1) is 0 Å². The maximum Gasteiger partial charge on any atom is 0.340 e. The smallest absolute Gasteiger partial charge is 0.340 e. The van der Waals surface area contributed by atoms with Crippen molar-refractivity contribution in [2.24, 2.45) is 0 Å². The van der Waals surface area contributed by atoms with Crippen LogP contribution < -0.4 is 10.0 Å². The van der Waals surface area contributed by atoms with Crippen molar-refractivity contribution >= 4 is 39.2 Å². The second-order valence-corrected chi connectivity index (χ2v) is 10.2. The van der Waals surface area contributed by atoms with Gasteiger partial charge in [-0.2, -0.15) is 0 Å². The maximum atomic E-state index is 13.0. The standard InChI is InChI=1S/C25H23ClN2O5S/c1-16-6-5-9-19(14-16)28-34(31,32)20-12-13-22(26)21(15-20)25(30)33-23(17-7-3-2-4-8-17)24(29)27-18-10-11-18/h2-9,12-15,18,23,28H,10-11H2,1H3,(H,27,29). The Labute approximate surface area is 203 Å². The molecule has 1 aliphatic rings. The number of halogens is 1. The monoisotopic (exact) mass is 498 g/mol. The van der Waals surface area contributed by atoms with Gasteiger partial charge in [0.25, 0.3) is 15.9 Å². The highest BCUT2D eigenvalue weighted by Gasteiger charge is 2.32. The quantitative estimate of drug-likeness (QED) is 0.441. The first-order valence-electron chi connectivity index (χ1n) is 10.7. The molecule has 1 amide bonds. The molecule has 0 aromatic heterocycles. The van der Waals surface area contributed by atoms with E-state index in [9.17, 15) is 18.0 Å². The third kappa shape index (κ3) is 5.76. The summed E-state index contributed by atoms with van der Waals surface area (Å²) in [6, 6.07) is 19.3. The topological polar surface area (TPSA) is 102 Å². The minimum absolute atomic E-state index is 0.00826. The molecule has 1 aliphatic carbocycles. The molecular formula is C25H23ClN2O5S. The van der Waals surface area contributed by atoms with Crippen molar-refractivity contribution in [3.05, 3.63) is 94.5 Å². The van der Waals surface area contributed by atoms with E-state index in [-0.39, 0.29) is 21.5 Å². The Balaban J connectivity index is 1.59. The van der Waals surface area contributed by atoms with Crippen LogP contribution in [-0.4, -0.2) is 26.3 Å². The van der Waals surface area contributed by atoms with Gasteiger partial charge in [0.05, 0.1) is 15.5 Å². The average molecular weight is 499 g/mol. The molecule has 9 heteroatoms. The summed E-state index contributed by atoms with van der Waals surface area (Å²) in [4.78, 5) is 25.6. The van der Waals surface area contributed by atoms with Crippen molar-refractivity contribution in [2.75, 3.05) is 4.72 Å². The number of benzene rings is 3. The third-order valence-corrected chi connectivity index (χ3v) is 6.94. The number of esters is 1. The second-order valence-electron chi connectivity index (χ2n) is 8.10. The number of nitrogens with one attached hydrogen (secondary N) is 2. The van der Waals surface area contributed by atoms with Crippen LogP contribution in [0.15, 0.2) is 77.7 Å². The minimum Gasteiger partial charge on any atom is -0.444 e. The van der Waals surface area contributed by atoms with Gasteiger partial charge >= 0.3 is 5.97 Å². The number of sulfonamides is 1. The number of rotatable bonds is 8. The molecule has 1 saturated carbocycles. The Morgan fingerprint density at radius 2 is 1.74 bits per heavy atom. The molecule has 176 valence electrons. The van der Waals surface area contributed by atoms with E-state index in [4.69, 9.17) is 16.3 Å². The molecule has 3 aromatic rings. The van der Waals surface area contributed by atoms with E-state index in [2.05, 4.69) is 10.0 Å². The maximum absolute atomic E-state index is 13.0. The normalized spacial score (nSPS) is 14.2. The van der Waals surface area contributed by atoms with Crippen LogP contribution in [0.5, 0.6) is 0 Å². The number of hydrogen-bond acceptors (Lipinski definition) is 5. The van der Waals surface area contributed by atoms with Gasteiger partial charge in [0.2, 0.25) is 6.10 Å². The minimum atomic E-state index is -4.00. The molecule has 4 rings (SSSR count). The van der Waals surface area contributed by atoms with E-state index in [1.165, 1.54) is 12.1 Å². The lowest BCUT2D eigenvalue weighted by atomic mass is 10.1. The van der Waals surface area contributed by atoms with E-state index in [1.807, 2.05) is 13.0 Å². The van der Waals surface area contributed by atoms with Gasteiger partial charge in [0.1, 0.15) is 0 Å². The zero-order valence-electron chi connectivity index (χ0n) is 18.3. The highest BCUT2D eigenvalue weighted by molar-refractivity contribution is 7.92. The number of ether oxygens (including phenoxy) is 1. The molecule has 0 spiro atoms. The molecule has 0 bridgehead atoms. The molecule has 34 heavy (non-hydrogen) atoms. The van der Waals surface area contributed by atoms with Crippen LogP contribution in [0.4, 0.5) is 5.69 Å². The van der Waals surface area contributed by atoms with E-state index in [1.54, 1.807) is 48.5 Å². The van der Waals surface area contributed by atoms with Crippen molar-refractivity contribution in [1.82, 2.24) is 5.32 Å². The lowest BCUT2D eigenvalue weighted by Crippen LogP contribution is -2.33. The summed E-state index contributed by atoms with van der Waals surface area (Å²) in [5.41, 5.74) is 1.61. The largest absolute Gasteiger partial charge is 0.444 e. The number of aryl methyl sites for hydroxylation is 1. The fourth-order valence-electron chi connectivity index (χ4n) is 3.33. The molecule has 1 unspecified atom stereocenters. The lowest BCUT2D eigenvalue weighted by Gasteiger charge is -2.18. The number of hydrogen-bond donors (Lipinski definition) is 2. The van der Waals surface area contributed by atoms with Crippen LogP contribution in [0, 0.1) is 6.92 Å². The molecule has 7 nitrogen and oxygen atoms in total. The fourth-order valence-corrected chi connectivity index (χ4v) is 4.60. The summed E-state index contributed by atoms with van der Waals surface area (Å²) in [6.07, 6.45) is 0.554. The van der Waals surface area contributed by atoms with E-state index < -0.39 is 28.0 Å². The molecule has 0 radical (unpaired) electrons. The predicted octanol–water partition coefficient (Wildman–Crippen LogP) is 4.63. The average Bonchev–Trinajstić information content (AvgIpc) is 3.61. The van der Waals surface area contributed by atoms with Crippen molar-refractivity contribution in [3.63, 3.8) is 0 Å². The second kappa shape index (κ2) is 9.87. The molecule has 3 aromatic carbocycles. The van der Waals surface area contributed by atoms with Crippen molar-refractivity contribution in [1.29, 1.82) is 0 Å². The first kappa shape index (κ1) is 23.8. The molecule has 0 aliphatic heterocycles. The zero-order valence-corrected chi connectivity index (χ0v) is 19.9. The summed E-state index contributed by atoms with van der Waals surface area (Å²) in [5.74, 6) is -1.35. The molecule has 0 heterocycles. The van der Waals surface area contributed by atoms with Gasteiger partial charge in [-0.25, -0.2) is 13.2 Å². The van der Waals surface area contributed by atoms with Crippen molar-refractivity contribution in [3.8, 4) is 0 Å². The molecule has 2 N–H and O–H groups in total. The molecule has 1 atom stereocenters. The number of anilines is 1. The van der Waals surface area contributed by atoms with Crippen LogP contribution in [0.25, 0.3) is 0 Å². The number of carbonyl (C=O) groups is 2. The Morgan fingerprint density at radius 3 is 2.41 bits per heavy atom. The summed E-state index contributed by atoms with van der Waals surface area (Å²) < 4.78 is 33.8. The van der Waals surface area contributed by atoms with Crippen molar-refractivity contribution < 1.29 is 22.7 Å². The van der Waals surface area contributed by atoms with E-state index in [0.717, 1.165) is 24.5 Å². The Morgan fingerprint density at radius 1 is 1.00 bits per heavy atom. The summed E-state index contributed by atoms with van der Waals surface area (Å²) in [6.45, 7) is 1.84.